The summed E-state index contributed by atoms with van der Waals surface area (Å²) in [5.41, 5.74) is 3.23. The zero-order chi connectivity index (χ0) is 18.7. The second kappa shape index (κ2) is 7.31. The molecular weight excluding hydrogens is 336 g/mol. The van der Waals surface area contributed by atoms with Crippen molar-refractivity contribution >= 4 is 23.1 Å². The van der Waals surface area contributed by atoms with E-state index < -0.39 is 11.6 Å². The van der Waals surface area contributed by atoms with E-state index in [-0.39, 0.29) is 17.4 Å². The summed E-state index contributed by atoms with van der Waals surface area (Å²) >= 11 is 0. The summed E-state index contributed by atoms with van der Waals surface area (Å²) in [6.45, 7) is 3.90. The van der Waals surface area contributed by atoms with Gasteiger partial charge in [-0.2, -0.15) is 0 Å². The van der Waals surface area contributed by atoms with Gasteiger partial charge in [0.1, 0.15) is 17.5 Å². The van der Waals surface area contributed by atoms with Crippen LogP contribution in [0.15, 0.2) is 54.7 Å². The molecule has 2 N–H and O–H groups in total. The number of aryl methyl sites for hydroxylation is 1. The highest BCUT2D eigenvalue weighted by atomic mass is 19.1. The van der Waals surface area contributed by atoms with E-state index in [0.29, 0.717) is 5.56 Å². The van der Waals surface area contributed by atoms with Crippen LogP contribution >= 0.6 is 0 Å². The zero-order valence-corrected chi connectivity index (χ0v) is 14.3. The van der Waals surface area contributed by atoms with Crippen molar-refractivity contribution in [1.82, 2.24) is 4.98 Å². The van der Waals surface area contributed by atoms with Gasteiger partial charge in [0.05, 0.1) is 5.69 Å². The number of nitrogens with one attached hydrogen (secondary N) is 2. The molecule has 26 heavy (non-hydrogen) atoms. The van der Waals surface area contributed by atoms with Crippen molar-refractivity contribution in [3.63, 3.8) is 0 Å². The molecule has 2 aromatic carbocycles. The lowest BCUT2D eigenvalue weighted by Crippen LogP contribution is -2.13. The minimum Gasteiger partial charge on any atom is -0.338 e. The second-order valence-electron chi connectivity index (χ2n) is 5.88. The van der Waals surface area contributed by atoms with Gasteiger partial charge < -0.3 is 10.6 Å². The summed E-state index contributed by atoms with van der Waals surface area (Å²) in [4.78, 5) is 16.6. The first kappa shape index (κ1) is 17.5. The third kappa shape index (κ3) is 3.85. The molecule has 0 aliphatic heterocycles. The first-order valence-electron chi connectivity index (χ1n) is 8.00. The molecule has 4 nitrogen and oxygen atoms in total. The van der Waals surface area contributed by atoms with E-state index in [1.807, 2.05) is 32.0 Å². The van der Waals surface area contributed by atoms with Gasteiger partial charge in [0.25, 0.3) is 5.91 Å². The van der Waals surface area contributed by atoms with E-state index in [2.05, 4.69) is 15.6 Å². The Kier molecular flexibility index (Phi) is 4.93. The van der Waals surface area contributed by atoms with Crippen LogP contribution in [-0.2, 0) is 0 Å². The Morgan fingerprint density at radius 3 is 2.58 bits per heavy atom. The van der Waals surface area contributed by atoms with Crippen molar-refractivity contribution in [3.8, 4) is 0 Å². The summed E-state index contributed by atoms with van der Waals surface area (Å²) < 4.78 is 26.7. The Balaban J connectivity index is 1.80. The average Bonchev–Trinajstić information content (AvgIpc) is 2.61. The van der Waals surface area contributed by atoms with Crippen LogP contribution in [0.5, 0.6) is 0 Å². The lowest BCUT2D eigenvalue weighted by atomic mass is 10.1. The Labute approximate surface area is 149 Å². The smallest absolute Gasteiger partial charge is 0.255 e. The van der Waals surface area contributed by atoms with E-state index in [1.54, 1.807) is 6.07 Å². The average molecular weight is 353 g/mol. The van der Waals surface area contributed by atoms with Crippen LogP contribution in [0.3, 0.4) is 0 Å². The molecule has 0 unspecified atom stereocenters. The molecule has 0 saturated heterocycles. The van der Waals surface area contributed by atoms with Crippen molar-refractivity contribution < 1.29 is 13.6 Å². The molecule has 6 heteroatoms. The summed E-state index contributed by atoms with van der Waals surface area (Å²) in [5, 5.41) is 5.61. The summed E-state index contributed by atoms with van der Waals surface area (Å²) in [5.74, 6) is -1.42. The van der Waals surface area contributed by atoms with Crippen LogP contribution in [0.4, 0.5) is 26.0 Å². The molecule has 0 spiro atoms. The number of rotatable bonds is 4. The van der Waals surface area contributed by atoms with Crippen molar-refractivity contribution in [2.75, 3.05) is 10.6 Å². The zero-order valence-electron chi connectivity index (χ0n) is 14.3. The van der Waals surface area contributed by atoms with Gasteiger partial charge in [-0.1, -0.05) is 12.1 Å². The number of hydrogen-bond acceptors (Lipinski definition) is 3. The lowest BCUT2D eigenvalue weighted by Gasteiger charge is -2.11. The van der Waals surface area contributed by atoms with Gasteiger partial charge in [0, 0.05) is 23.5 Å². The predicted octanol–water partition coefficient (Wildman–Crippen LogP) is 4.97. The van der Waals surface area contributed by atoms with Gasteiger partial charge in [-0.25, -0.2) is 13.8 Å². The fourth-order valence-electron chi connectivity index (χ4n) is 2.45. The Morgan fingerprint density at radius 2 is 1.81 bits per heavy atom. The number of carbonyl (C=O) groups is 1. The normalized spacial score (nSPS) is 10.5. The highest BCUT2D eigenvalue weighted by Gasteiger charge is 2.11. The van der Waals surface area contributed by atoms with Gasteiger partial charge in [0.2, 0.25) is 0 Å². The number of benzene rings is 2. The van der Waals surface area contributed by atoms with Gasteiger partial charge in [-0.15, -0.1) is 0 Å². The number of pyridine rings is 1. The summed E-state index contributed by atoms with van der Waals surface area (Å²) in [7, 11) is 0. The lowest BCUT2D eigenvalue weighted by molar-refractivity contribution is 0.102. The number of anilines is 3. The molecule has 1 amide bonds. The van der Waals surface area contributed by atoms with Gasteiger partial charge in [0.15, 0.2) is 0 Å². The molecule has 0 fully saturated rings. The number of aromatic nitrogens is 1. The summed E-state index contributed by atoms with van der Waals surface area (Å²) in [6, 6.07) is 11.9. The molecule has 1 heterocycles. The topological polar surface area (TPSA) is 54.0 Å². The molecule has 0 radical (unpaired) electrons. The van der Waals surface area contributed by atoms with Crippen LogP contribution in [0.1, 0.15) is 21.5 Å². The van der Waals surface area contributed by atoms with Crippen LogP contribution in [0, 0.1) is 25.5 Å². The number of nitrogens with zero attached hydrogens (tertiary/aromatic N) is 1. The van der Waals surface area contributed by atoms with Crippen LogP contribution in [-0.4, -0.2) is 10.9 Å². The predicted molar refractivity (Wildman–Crippen MR) is 97.7 cm³/mol. The van der Waals surface area contributed by atoms with E-state index in [1.165, 1.54) is 18.3 Å². The first-order chi connectivity index (χ1) is 12.4. The molecule has 0 bridgehead atoms. The molecular formula is C20H17F2N3O. The monoisotopic (exact) mass is 353 g/mol. The van der Waals surface area contributed by atoms with Crippen LogP contribution in [0.2, 0.25) is 0 Å². The van der Waals surface area contributed by atoms with E-state index in [4.69, 9.17) is 0 Å². The van der Waals surface area contributed by atoms with Crippen LogP contribution < -0.4 is 10.6 Å². The van der Waals surface area contributed by atoms with Gasteiger partial charge >= 0.3 is 0 Å². The van der Waals surface area contributed by atoms with Gasteiger partial charge in [-0.3, -0.25) is 4.79 Å². The second-order valence-corrected chi connectivity index (χ2v) is 5.88. The standard InChI is InChI=1S/C20H17F2N3O/c1-12-4-3-5-17(13(12)2)25-20(26)14-8-9-23-19(10-14)24-18-7-6-15(21)11-16(18)22/h3-11H,1-2H3,(H,23,24)(H,25,26). The van der Waals surface area contributed by atoms with Crippen molar-refractivity contribution in [2.24, 2.45) is 0 Å². The van der Waals surface area contributed by atoms with E-state index in [0.717, 1.165) is 28.9 Å². The molecule has 0 atom stereocenters. The highest BCUT2D eigenvalue weighted by Crippen LogP contribution is 2.22. The molecule has 132 valence electrons. The maximum Gasteiger partial charge on any atom is 0.255 e. The fourth-order valence-corrected chi connectivity index (χ4v) is 2.45. The van der Waals surface area contributed by atoms with Crippen molar-refractivity contribution in [3.05, 3.63) is 83.1 Å². The molecule has 1 aromatic heterocycles. The quantitative estimate of drug-likeness (QED) is 0.696. The van der Waals surface area contributed by atoms with E-state index in [9.17, 15) is 13.6 Å². The van der Waals surface area contributed by atoms with Crippen LogP contribution in [0.25, 0.3) is 0 Å². The number of hydrogen-bond donors (Lipinski definition) is 2. The number of amides is 1. The Morgan fingerprint density at radius 1 is 1.00 bits per heavy atom. The molecule has 0 saturated carbocycles. The Hall–Kier alpha value is -3.28. The first-order valence-corrected chi connectivity index (χ1v) is 8.00. The highest BCUT2D eigenvalue weighted by molar-refractivity contribution is 6.05. The van der Waals surface area contributed by atoms with Crippen molar-refractivity contribution in [1.29, 1.82) is 0 Å². The Bertz CT molecular complexity index is 973. The third-order valence-corrected chi connectivity index (χ3v) is 4.07. The maximum atomic E-state index is 13.8. The SMILES string of the molecule is Cc1cccc(NC(=O)c2ccnc(Nc3ccc(F)cc3F)c2)c1C. The minimum absolute atomic E-state index is 0.0750. The summed E-state index contributed by atoms with van der Waals surface area (Å²) in [6.07, 6.45) is 1.45. The third-order valence-electron chi connectivity index (χ3n) is 4.07. The number of carbonyl (C=O) groups excluding carboxylic acids is 1. The fraction of sp³-hybridized carbons (Fsp3) is 0.100. The van der Waals surface area contributed by atoms with Crippen molar-refractivity contribution in [2.45, 2.75) is 13.8 Å². The minimum atomic E-state index is -0.739. The largest absolute Gasteiger partial charge is 0.338 e. The molecule has 3 rings (SSSR count). The molecule has 0 aliphatic carbocycles. The van der Waals surface area contributed by atoms with E-state index >= 15 is 0 Å². The number of halogens is 2. The molecule has 0 aliphatic rings. The molecule has 3 aromatic rings. The van der Waals surface area contributed by atoms with Gasteiger partial charge in [-0.05, 0) is 55.3 Å². The maximum absolute atomic E-state index is 13.8.